The Morgan fingerprint density at radius 1 is 1.15 bits per heavy atom. The lowest BCUT2D eigenvalue weighted by Crippen LogP contribution is -2.17. The summed E-state index contributed by atoms with van der Waals surface area (Å²) in [5.41, 5.74) is 4.19. The fourth-order valence-corrected chi connectivity index (χ4v) is 4.71. The van der Waals surface area contributed by atoms with Crippen LogP contribution in [0.25, 0.3) is 22.1 Å². The maximum Gasteiger partial charge on any atom is 0.272 e. The molecule has 8 heteroatoms. The van der Waals surface area contributed by atoms with Crippen LogP contribution in [0.3, 0.4) is 0 Å². The Labute approximate surface area is 193 Å². The lowest BCUT2D eigenvalue weighted by atomic mass is 10.2. The SMILES string of the molecule is O=C(Nc1cnc2c(c1)nc1n2CCC1)c1cc2ccc(Cl)cc2n1Cc1cccc(F)c1. The molecule has 1 aliphatic rings. The van der Waals surface area contributed by atoms with E-state index in [2.05, 4.69) is 19.9 Å². The van der Waals surface area contributed by atoms with Crippen LogP contribution in [0, 0.1) is 5.82 Å². The zero-order valence-corrected chi connectivity index (χ0v) is 18.3. The van der Waals surface area contributed by atoms with Crippen molar-refractivity contribution in [3.05, 3.63) is 88.7 Å². The van der Waals surface area contributed by atoms with Crippen LogP contribution in [-0.2, 0) is 19.5 Å². The minimum Gasteiger partial charge on any atom is -0.332 e. The van der Waals surface area contributed by atoms with Crippen LogP contribution in [0.1, 0.15) is 28.3 Å². The first kappa shape index (κ1) is 19.9. The molecule has 33 heavy (non-hydrogen) atoms. The minimum absolute atomic E-state index is 0.286. The van der Waals surface area contributed by atoms with E-state index in [-0.39, 0.29) is 11.7 Å². The van der Waals surface area contributed by atoms with E-state index in [1.54, 1.807) is 18.3 Å². The number of aromatic nitrogens is 4. The van der Waals surface area contributed by atoms with E-state index in [4.69, 9.17) is 11.6 Å². The number of hydrogen-bond donors (Lipinski definition) is 1. The van der Waals surface area contributed by atoms with Gasteiger partial charge >= 0.3 is 0 Å². The lowest BCUT2D eigenvalue weighted by molar-refractivity contribution is 0.101. The normalized spacial score (nSPS) is 13.0. The second-order valence-electron chi connectivity index (χ2n) is 8.25. The van der Waals surface area contributed by atoms with E-state index in [0.29, 0.717) is 22.9 Å². The quantitative estimate of drug-likeness (QED) is 0.390. The summed E-state index contributed by atoms with van der Waals surface area (Å²) < 4.78 is 17.8. The molecule has 2 aromatic carbocycles. The topological polar surface area (TPSA) is 64.7 Å². The van der Waals surface area contributed by atoms with Crippen LogP contribution in [0.5, 0.6) is 0 Å². The number of fused-ring (bicyclic) bond motifs is 4. The maximum atomic E-state index is 13.8. The van der Waals surface area contributed by atoms with E-state index in [9.17, 15) is 9.18 Å². The predicted molar refractivity (Wildman–Crippen MR) is 126 cm³/mol. The fourth-order valence-electron chi connectivity index (χ4n) is 4.55. The van der Waals surface area contributed by atoms with Crippen LogP contribution in [0.4, 0.5) is 10.1 Å². The molecule has 4 heterocycles. The third kappa shape index (κ3) is 3.54. The lowest BCUT2D eigenvalue weighted by Gasteiger charge is -2.12. The van der Waals surface area contributed by atoms with Crippen molar-refractivity contribution in [3.8, 4) is 0 Å². The Kier molecular flexibility index (Phi) is 4.66. The number of pyridine rings is 1. The first-order valence-corrected chi connectivity index (χ1v) is 11.1. The molecule has 1 amide bonds. The number of nitrogens with one attached hydrogen (secondary N) is 1. The Morgan fingerprint density at radius 2 is 2.06 bits per heavy atom. The van der Waals surface area contributed by atoms with Gasteiger partial charge in [0.1, 0.15) is 22.9 Å². The molecular weight excluding hydrogens is 441 g/mol. The number of anilines is 1. The highest BCUT2D eigenvalue weighted by Gasteiger charge is 2.20. The van der Waals surface area contributed by atoms with Gasteiger partial charge in [0.05, 0.1) is 17.4 Å². The summed E-state index contributed by atoms with van der Waals surface area (Å²) in [6, 6.07) is 15.5. The summed E-state index contributed by atoms with van der Waals surface area (Å²) in [4.78, 5) is 22.5. The summed E-state index contributed by atoms with van der Waals surface area (Å²) in [6.07, 6.45) is 3.68. The van der Waals surface area contributed by atoms with Gasteiger partial charge in [-0.2, -0.15) is 0 Å². The highest BCUT2D eigenvalue weighted by Crippen LogP contribution is 2.27. The third-order valence-corrected chi connectivity index (χ3v) is 6.27. The molecule has 0 fully saturated rings. The Bertz CT molecular complexity index is 1550. The van der Waals surface area contributed by atoms with Gasteiger partial charge in [0.15, 0.2) is 5.65 Å². The van der Waals surface area contributed by atoms with Gasteiger partial charge in [-0.3, -0.25) is 4.79 Å². The second kappa shape index (κ2) is 7.71. The fraction of sp³-hybridized carbons (Fsp3) is 0.160. The molecule has 1 aliphatic heterocycles. The number of carbonyl (C=O) groups is 1. The van der Waals surface area contributed by atoms with E-state index >= 15 is 0 Å². The van der Waals surface area contributed by atoms with Crippen molar-refractivity contribution >= 4 is 45.3 Å². The van der Waals surface area contributed by atoms with Gasteiger partial charge in [-0.05, 0) is 48.4 Å². The van der Waals surface area contributed by atoms with Crippen LogP contribution < -0.4 is 5.32 Å². The monoisotopic (exact) mass is 459 g/mol. The zero-order valence-electron chi connectivity index (χ0n) is 17.6. The molecule has 1 N–H and O–H groups in total. The molecule has 0 atom stereocenters. The van der Waals surface area contributed by atoms with Crippen LogP contribution >= 0.6 is 11.6 Å². The molecule has 6 rings (SSSR count). The van der Waals surface area contributed by atoms with Crippen LogP contribution in [0.15, 0.2) is 60.8 Å². The molecule has 164 valence electrons. The predicted octanol–water partition coefficient (Wildman–Crippen LogP) is 5.43. The maximum absolute atomic E-state index is 13.8. The van der Waals surface area contributed by atoms with Crippen molar-refractivity contribution in [1.29, 1.82) is 0 Å². The van der Waals surface area contributed by atoms with E-state index in [1.165, 1.54) is 12.1 Å². The Hall–Kier alpha value is -3.71. The highest BCUT2D eigenvalue weighted by atomic mass is 35.5. The second-order valence-corrected chi connectivity index (χ2v) is 8.69. The van der Waals surface area contributed by atoms with E-state index < -0.39 is 0 Å². The third-order valence-electron chi connectivity index (χ3n) is 6.03. The van der Waals surface area contributed by atoms with Gasteiger partial charge in [0.25, 0.3) is 5.91 Å². The zero-order chi connectivity index (χ0) is 22.5. The van der Waals surface area contributed by atoms with Crippen molar-refractivity contribution in [2.75, 3.05) is 5.32 Å². The molecule has 0 aliphatic carbocycles. The first-order chi connectivity index (χ1) is 16.0. The number of halogens is 2. The number of amides is 1. The van der Waals surface area contributed by atoms with Crippen LogP contribution in [-0.4, -0.2) is 25.0 Å². The minimum atomic E-state index is -0.320. The number of aryl methyl sites for hydroxylation is 2. The first-order valence-electron chi connectivity index (χ1n) is 10.7. The summed E-state index contributed by atoms with van der Waals surface area (Å²) in [5, 5.41) is 4.39. The van der Waals surface area contributed by atoms with Crippen molar-refractivity contribution in [1.82, 2.24) is 19.1 Å². The van der Waals surface area contributed by atoms with E-state index in [1.807, 2.05) is 34.9 Å². The van der Waals surface area contributed by atoms with Gasteiger partial charge in [0.2, 0.25) is 0 Å². The van der Waals surface area contributed by atoms with Crippen molar-refractivity contribution in [2.24, 2.45) is 0 Å². The van der Waals surface area contributed by atoms with Gasteiger partial charge in [-0.15, -0.1) is 0 Å². The summed E-state index contributed by atoms with van der Waals surface area (Å²) in [7, 11) is 0. The number of nitrogens with zero attached hydrogens (tertiary/aromatic N) is 4. The molecule has 0 spiro atoms. The standard InChI is InChI=1S/C25H19ClFN5O/c26-17-7-6-16-10-22(32(21(16)11-17)14-15-3-1-4-18(27)9-15)25(33)29-19-12-20-24(28-13-19)31-8-2-5-23(31)30-20/h1,3-4,6-7,9-13H,2,5,8,14H2,(H,29,33). The summed E-state index contributed by atoms with van der Waals surface area (Å²) in [5.74, 6) is 0.430. The molecule has 3 aromatic heterocycles. The largest absolute Gasteiger partial charge is 0.332 e. The molecule has 0 saturated heterocycles. The molecule has 0 saturated carbocycles. The molecule has 0 unspecified atom stereocenters. The van der Waals surface area contributed by atoms with Gasteiger partial charge < -0.3 is 14.5 Å². The number of benzene rings is 2. The Balaban J connectivity index is 1.37. The number of carbonyl (C=O) groups excluding carboxylic acids is 1. The summed E-state index contributed by atoms with van der Waals surface area (Å²) in [6.45, 7) is 1.25. The molecular formula is C25H19ClFN5O. The van der Waals surface area contributed by atoms with Gasteiger partial charge in [-0.1, -0.05) is 29.8 Å². The number of rotatable bonds is 4. The number of hydrogen-bond acceptors (Lipinski definition) is 3. The molecule has 5 aromatic rings. The molecule has 0 radical (unpaired) electrons. The molecule has 0 bridgehead atoms. The van der Waals surface area contributed by atoms with Crippen molar-refractivity contribution in [3.63, 3.8) is 0 Å². The molecule has 6 nitrogen and oxygen atoms in total. The van der Waals surface area contributed by atoms with Crippen molar-refractivity contribution in [2.45, 2.75) is 25.9 Å². The highest BCUT2D eigenvalue weighted by molar-refractivity contribution is 6.31. The van der Waals surface area contributed by atoms with E-state index in [0.717, 1.165) is 52.8 Å². The van der Waals surface area contributed by atoms with Crippen LogP contribution in [0.2, 0.25) is 5.02 Å². The smallest absolute Gasteiger partial charge is 0.272 e. The van der Waals surface area contributed by atoms with Gasteiger partial charge in [-0.25, -0.2) is 14.4 Å². The van der Waals surface area contributed by atoms with Gasteiger partial charge in [0, 0.05) is 29.9 Å². The average molecular weight is 460 g/mol. The average Bonchev–Trinajstić information content (AvgIpc) is 3.47. The number of imidazole rings is 1. The Morgan fingerprint density at radius 3 is 2.94 bits per heavy atom. The summed E-state index contributed by atoms with van der Waals surface area (Å²) >= 11 is 6.23. The van der Waals surface area contributed by atoms with Crippen molar-refractivity contribution < 1.29 is 9.18 Å².